The number of aromatic amines is 1. The first-order chi connectivity index (χ1) is 16.1. The molecule has 2 heterocycles. The number of sulfonamides is 1. The monoisotopic (exact) mass is 513 g/mol. The van der Waals surface area contributed by atoms with Crippen LogP contribution in [0.15, 0.2) is 53.7 Å². The van der Waals surface area contributed by atoms with Gasteiger partial charge in [0.15, 0.2) is 5.82 Å². The normalized spacial score (nSPS) is 18.5. The van der Waals surface area contributed by atoms with E-state index in [0.29, 0.717) is 15.7 Å². The van der Waals surface area contributed by atoms with Crippen LogP contribution in [0.25, 0.3) is 11.4 Å². The van der Waals surface area contributed by atoms with E-state index in [1.807, 2.05) is 0 Å². The molecule has 0 spiro atoms. The lowest BCUT2D eigenvalue weighted by Gasteiger charge is -2.30. The van der Waals surface area contributed by atoms with E-state index >= 15 is 0 Å². The molecule has 0 unspecified atom stereocenters. The van der Waals surface area contributed by atoms with Crippen molar-refractivity contribution in [3.05, 3.63) is 65.2 Å². The molecule has 0 bridgehead atoms. The highest BCUT2D eigenvalue weighted by molar-refractivity contribution is 7.89. The highest BCUT2D eigenvalue weighted by Gasteiger charge is 2.45. The molecule has 1 aromatic heterocycles. The molecule has 1 amide bonds. The molecule has 4 rings (SSSR count). The fourth-order valence-electron chi connectivity index (χ4n) is 3.64. The molecule has 34 heavy (non-hydrogen) atoms. The van der Waals surface area contributed by atoms with Crippen molar-refractivity contribution in [3.8, 4) is 11.4 Å². The zero-order valence-electron chi connectivity index (χ0n) is 17.5. The van der Waals surface area contributed by atoms with E-state index in [1.54, 1.807) is 0 Å². The molecular formula is C21H19ClF3N5O3S. The molecule has 0 aliphatic carbocycles. The fraction of sp³-hybridized carbons (Fsp3) is 0.286. The smallest absolute Gasteiger partial charge is 0.251 e. The highest BCUT2D eigenvalue weighted by atomic mass is 35.5. The van der Waals surface area contributed by atoms with Crippen LogP contribution in [-0.4, -0.2) is 52.3 Å². The molecule has 2 N–H and O–H groups in total. The molecule has 1 fully saturated rings. The molecule has 1 atom stereocenters. The zero-order valence-corrected chi connectivity index (χ0v) is 19.1. The van der Waals surface area contributed by atoms with Gasteiger partial charge in [-0.25, -0.2) is 26.6 Å². The van der Waals surface area contributed by atoms with Gasteiger partial charge in [0, 0.05) is 42.1 Å². The van der Waals surface area contributed by atoms with Crippen molar-refractivity contribution in [1.29, 1.82) is 0 Å². The number of nitrogens with one attached hydrogen (secondary N) is 2. The van der Waals surface area contributed by atoms with E-state index in [1.165, 1.54) is 42.7 Å². The van der Waals surface area contributed by atoms with E-state index in [-0.39, 0.29) is 22.0 Å². The summed E-state index contributed by atoms with van der Waals surface area (Å²) in [5.74, 6) is -4.69. The van der Waals surface area contributed by atoms with Crippen LogP contribution in [0.1, 0.15) is 18.4 Å². The predicted octanol–water partition coefficient (Wildman–Crippen LogP) is 3.37. The van der Waals surface area contributed by atoms with Crippen LogP contribution in [0.4, 0.5) is 13.2 Å². The summed E-state index contributed by atoms with van der Waals surface area (Å²) < 4.78 is 71.4. The summed E-state index contributed by atoms with van der Waals surface area (Å²) in [4.78, 5) is 16.3. The van der Waals surface area contributed by atoms with E-state index in [0.717, 1.165) is 6.07 Å². The van der Waals surface area contributed by atoms with Gasteiger partial charge in [-0.1, -0.05) is 23.7 Å². The minimum atomic E-state index is -4.50. The number of carbonyl (C=O) groups excluding carboxylic acids is 1. The molecule has 3 aromatic rings. The summed E-state index contributed by atoms with van der Waals surface area (Å²) in [7, 11) is -4.50. The van der Waals surface area contributed by atoms with Crippen LogP contribution < -0.4 is 5.32 Å². The Hall–Kier alpha value is -2.96. The van der Waals surface area contributed by atoms with Crippen LogP contribution in [0, 0.1) is 5.82 Å². The van der Waals surface area contributed by atoms with E-state index in [2.05, 4.69) is 20.5 Å². The molecular weight excluding hydrogens is 495 g/mol. The van der Waals surface area contributed by atoms with Crippen molar-refractivity contribution in [2.45, 2.75) is 36.2 Å². The number of aromatic nitrogens is 3. The second kappa shape index (κ2) is 9.35. The highest BCUT2D eigenvalue weighted by Crippen LogP contribution is 2.33. The first-order valence-corrected chi connectivity index (χ1v) is 12.0. The second-order valence-corrected chi connectivity index (χ2v) is 10.1. The van der Waals surface area contributed by atoms with Crippen molar-refractivity contribution in [3.63, 3.8) is 0 Å². The molecule has 0 saturated carbocycles. The third kappa shape index (κ3) is 5.08. The molecule has 1 aliphatic rings. The fourth-order valence-corrected chi connectivity index (χ4v) is 5.33. The van der Waals surface area contributed by atoms with Crippen molar-refractivity contribution in [2.24, 2.45) is 0 Å². The number of rotatable bonds is 6. The lowest BCUT2D eigenvalue weighted by atomic mass is 10.1. The summed E-state index contributed by atoms with van der Waals surface area (Å²) in [5, 5.41) is 8.87. The van der Waals surface area contributed by atoms with Gasteiger partial charge in [0.05, 0.1) is 4.90 Å². The molecule has 2 aromatic carbocycles. The SMILES string of the molecule is O=C1NCCC(F)(F)C[C@H]1N(Cc1ccc(-c2ncn[nH]2)cc1F)S(=O)(=O)c1ccc(Cl)cc1. The minimum absolute atomic E-state index is 0.110. The van der Waals surface area contributed by atoms with Crippen LogP contribution >= 0.6 is 11.6 Å². The number of alkyl halides is 2. The minimum Gasteiger partial charge on any atom is -0.354 e. The van der Waals surface area contributed by atoms with Gasteiger partial charge in [0.25, 0.3) is 5.92 Å². The zero-order chi connectivity index (χ0) is 24.5. The Morgan fingerprint density at radius 1 is 1.18 bits per heavy atom. The van der Waals surface area contributed by atoms with Crippen LogP contribution in [0.2, 0.25) is 5.02 Å². The third-order valence-corrected chi connectivity index (χ3v) is 7.54. The number of carbonyl (C=O) groups is 1. The van der Waals surface area contributed by atoms with E-state index in [4.69, 9.17) is 11.6 Å². The lowest BCUT2D eigenvalue weighted by molar-refractivity contribution is -0.126. The Morgan fingerprint density at radius 2 is 1.91 bits per heavy atom. The number of hydrogen-bond donors (Lipinski definition) is 2. The third-order valence-electron chi connectivity index (χ3n) is 5.42. The topological polar surface area (TPSA) is 108 Å². The molecule has 13 heteroatoms. The molecule has 0 radical (unpaired) electrons. The standard InChI is InChI=1S/C21H19ClF3N5O3S/c22-15-3-5-16(6-4-15)34(32,33)30(18-10-21(24,25)7-8-26-20(18)31)11-14-2-1-13(9-17(14)23)19-27-12-28-29-19/h1-6,9,12,18H,7-8,10-11H2,(H,26,31)(H,27,28,29)/t18-/m1/s1. The number of nitrogens with zero attached hydrogens (tertiary/aromatic N) is 3. The maximum atomic E-state index is 15.0. The van der Waals surface area contributed by atoms with Gasteiger partial charge in [-0.15, -0.1) is 0 Å². The average Bonchev–Trinajstić information content (AvgIpc) is 3.27. The molecule has 180 valence electrons. The van der Waals surface area contributed by atoms with Gasteiger partial charge in [0.1, 0.15) is 18.2 Å². The quantitative estimate of drug-likeness (QED) is 0.525. The van der Waals surface area contributed by atoms with E-state index in [9.17, 15) is 26.4 Å². The van der Waals surface area contributed by atoms with Crippen LogP contribution in [0.5, 0.6) is 0 Å². The van der Waals surface area contributed by atoms with Gasteiger partial charge < -0.3 is 5.32 Å². The summed E-state index contributed by atoms with van der Waals surface area (Å²) in [6.07, 6.45) is -0.430. The van der Waals surface area contributed by atoms with Gasteiger partial charge >= 0.3 is 0 Å². The average molecular weight is 514 g/mol. The first kappa shape index (κ1) is 24.2. The Morgan fingerprint density at radius 3 is 2.56 bits per heavy atom. The number of H-pyrrole nitrogens is 1. The number of benzene rings is 2. The summed E-state index contributed by atoms with van der Waals surface area (Å²) >= 11 is 5.85. The lowest BCUT2D eigenvalue weighted by Crippen LogP contribution is -2.49. The Kier molecular flexibility index (Phi) is 6.65. The largest absolute Gasteiger partial charge is 0.354 e. The Bertz CT molecular complexity index is 1290. The van der Waals surface area contributed by atoms with Gasteiger partial charge in [0.2, 0.25) is 15.9 Å². The maximum absolute atomic E-state index is 15.0. The summed E-state index contributed by atoms with van der Waals surface area (Å²) in [5.41, 5.74) is 0.241. The van der Waals surface area contributed by atoms with Crippen molar-refractivity contribution in [1.82, 2.24) is 24.8 Å². The van der Waals surface area contributed by atoms with Crippen molar-refractivity contribution >= 4 is 27.5 Å². The second-order valence-electron chi connectivity index (χ2n) is 7.76. The first-order valence-electron chi connectivity index (χ1n) is 10.1. The van der Waals surface area contributed by atoms with Gasteiger partial charge in [-0.2, -0.15) is 9.40 Å². The van der Waals surface area contributed by atoms with Crippen molar-refractivity contribution < 1.29 is 26.4 Å². The maximum Gasteiger partial charge on any atom is 0.251 e. The summed E-state index contributed by atoms with van der Waals surface area (Å²) in [6, 6.07) is 7.18. The number of amides is 1. The predicted molar refractivity (Wildman–Crippen MR) is 117 cm³/mol. The molecule has 1 aliphatic heterocycles. The number of halogens is 4. The molecule has 1 saturated heterocycles. The van der Waals surface area contributed by atoms with E-state index < -0.39 is 53.1 Å². The van der Waals surface area contributed by atoms with Gasteiger partial charge in [-0.3, -0.25) is 9.89 Å². The summed E-state index contributed by atoms with van der Waals surface area (Å²) in [6.45, 7) is -0.959. The van der Waals surface area contributed by atoms with Crippen molar-refractivity contribution in [2.75, 3.05) is 6.54 Å². The van der Waals surface area contributed by atoms with Crippen LogP contribution in [-0.2, 0) is 21.4 Å². The van der Waals surface area contributed by atoms with Crippen LogP contribution in [0.3, 0.4) is 0 Å². The molecule has 8 nitrogen and oxygen atoms in total. The Balaban J connectivity index is 1.76. The number of hydrogen-bond acceptors (Lipinski definition) is 5. The Labute approximate surface area is 198 Å². The van der Waals surface area contributed by atoms with Gasteiger partial charge in [-0.05, 0) is 30.3 Å².